The summed E-state index contributed by atoms with van der Waals surface area (Å²) in [6.07, 6.45) is 0. The summed E-state index contributed by atoms with van der Waals surface area (Å²) in [6.45, 7) is 3.20. The zero-order valence-electron chi connectivity index (χ0n) is 16.8. The Balaban J connectivity index is 2.10. The Morgan fingerprint density at radius 3 is 2.39 bits per heavy atom. The average molecular weight is 463 g/mol. The van der Waals surface area contributed by atoms with Gasteiger partial charge in [-0.1, -0.05) is 60.0 Å². The van der Waals surface area contributed by atoms with Crippen LogP contribution in [0.25, 0.3) is 0 Å². The van der Waals surface area contributed by atoms with Gasteiger partial charge in [-0.05, 0) is 30.7 Å². The molecule has 1 heterocycles. The number of aromatic nitrogens is 3. The van der Waals surface area contributed by atoms with Gasteiger partial charge in [0.15, 0.2) is 0 Å². The number of anilines is 2. The van der Waals surface area contributed by atoms with Crippen molar-refractivity contribution in [2.24, 2.45) is 5.92 Å². The topological polar surface area (TPSA) is 106 Å². The van der Waals surface area contributed by atoms with Crippen molar-refractivity contribution in [1.82, 2.24) is 14.1 Å². The molecule has 31 heavy (non-hydrogen) atoms. The molecular weight excluding hydrogens is 443 g/mol. The number of hydrogen-bond acceptors (Lipinski definition) is 5. The zero-order valence-corrected chi connectivity index (χ0v) is 18.3. The van der Waals surface area contributed by atoms with Gasteiger partial charge >= 0.3 is 17.3 Å². The van der Waals surface area contributed by atoms with Gasteiger partial charge in [0.1, 0.15) is 0 Å². The third-order valence-corrected chi connectivity index (χ3v) is 5.40. The van der Waals surface area contributed by atoms with Crippen LogP contribution in [0, 0.1) is 12.8 Å². The molecule has 0 spiro atoms. The largest absolute Gasteiger partial charge is 0.481 e. The number of benzene rings is 2. The second-order valence-electron chi connectivity index (χ2n) is 7.18. The Kier molecular flexibility index (Phi) is 6.82. The summed E-state index contributed by atoms with van der Waals surface area (Å²) in [5, 5.41) is 12.8. The smallest absolute Gasteiger partial charge is 0.354 e. The predicted molar refractivity (Wildman–Crippen MR) is 120 cm³/mol. The fraction of sp³-hybridized carbons (Fsp3) is 0.238. The Morgan fingerprint density at radius 2 is 1.77 bits per heavy atom. The number of rotatable bonds is 7. The summed E-state index contributed by atoms with van der Waals surface area (Å²) in [7, 11) is 0. The summed E-state index contributed by atoms with van der Waals surface area (Å²) in [5.41, 5.74) is 0.832. The summed E-state index contributed by atoms with van der Waals surface area (Å²) < 4.78 is 2.11. The summed E-state index contributed by atoms with van der Waals surface area (Å²) in [4.78, 5) is 40.9. The van der Waals surface area contributed by atoms with Crippen LogP contribution >= 0.6 is 23.2 Å². The summed E-state index contributed by atoms with van der Waals surface area (Å²) in [6, 6.07) is 12.3. The third-order valence-electron chi connectivity index (χ3n) is 4.66. The molecule has 8 nitrogen and oxygen atoms in total. The SMILES string of the molecule is Cc1ccc(Cn2c(Nc3ccc(Cl)c(Cl)c3)nc(=O)n(C[C@H](C)C(=O)O)c2=O)cc1. The average Bonchev–Trinajstić information content (AvgIpc) is 2.72. The van der Waals surface area contributed by atoms with Crippen molar-refractivity contribution >= 4 is 40.8 Å². The molecule has 10 heteroatoms. The van der Waals surface area contributed by atoms with Crippen molar-refractivity contribution in [3.05, 3.63) is 84.6 Å². The van der Waals surface area contributed by atoms with Crippen LogP contribution in [-0.2, 0) is 17.9 Å². The lowest BCUT2D eigenvalue weighted by atomic mass is 10.1. The van der Waals surface area contributed by atoms with Gasteiger partial charge in [-0.3, -0.25) is 9.36 Å². The van der Waals surface area contributed by atoms with Crippen LogP contribution < -0.4 is 16.7 Å². The number of aryl methyl sites for hydroxylation is 1. The molecule has 0 saturated heterocycles. The molecule has 1 aromatic heterocycles. The Labute approximate surface area is 187 Å². The molecule has 1 atom stereocenters. The first-order valence-corrected chi connectivity index (χ1v) is 10.1. The predicted octanol–water partition coefficient (Wildman–Crippen LogP) is 3.53. The lowest BCUT2D eigenvalue weighted by molar-refractivity contribution is -0.141. The molecule has 3 aromatic rings. The highest BCUT2D eigenvalue weighted by molar-refractivity contribution is 6.42. The zero-order chi connectivity index (χ0) is 22.7. The molecular formula is C21H20Cl2N4O4. The summed E-state index contributed by atoms with van der Waals surface area (Å²) >= 11 is 12.0. The van der Waals surface area contributed by atoms with Crippen LogP contribution in [0.1, 0.15) is 18.1 Å². The minimum atomic E-state index is -1.12. The molecule has 3 rings (SSSR count). The van der Waals surface area contributed by atoms with Gasteiger partial charge < -0.3 is 10.4 Å². The van der Waals surface area contributed by atoms with E-state index in [4.69, 9.17) is 23.2 Å². The number of carboxylic acids is 1. The van der Waals surface area contributed by atoms with E-state index in [1.165, 1.54) is 11.5 Å². The van der Waals surface area contributed by atoms with Crippen molar-refractivity contribution in [3.8, 4) is 0 Å². The number of carbonyl (C=O) groups is 1. The van der Waals surface area contributed by atoms with E-state index in [9.17, 15) is 19.5 Å². The Morgan fingerprint density at radius 1 is 1.10 bits per heavy atom. The molecule has 0 aliphatic heterocycles. The third kappa shape index (κ3) is 5.34. The Bertz CT molecular complexity index is 1240. The van der Waals surface area contributed by atoms with E-state index in [0.29, 0.717) is 15.7 Å². The maximum atomic E-state index is 13.2. The minimum absolute atomic E-state index is 0.00759. The van der Waals surface area contributed by atoms with E-state index in [1.54, 1.807) is 18.2 Å². The number of carboxylic acid groups (broad SMARTS) is 1. The molecule has 0 fully saturated rings. The van der Waals surface area contributed by atoms with Gasteiger partial charge in [0, 0.05) is 12.2 Å². The molecule has 0 bridgehead atoms. The van der Waals surface area contributed by atoms with Crippen molar-refractivity contribution in [2.75, 3.05) is 5.32 Å². The van der Waals surface area contributed by atoms with Crippen LogP contribution in [0.15, 0.2) is 52.1 Å². The van der Waals surface area contributed by atoms with Crippen LogP contribution in [0.5, 0.6) is 0 Å². The number of nitrogens with zero attached hydrogens (tertiary/aromatic N) is 3. The number of hydrogen-bond donors (Lipinski definition) is 2. The van der Waals surface area contributed by atoms with Crippen molar-refractivity contribution in [3.63, 3.8) is 0 Å². The first kappa shape index (κ1) is 22.6. The second kappa shape index (κ2) is 9.36. The van der Waals surface area contributed by atoms with E-state index in [2.05, 4.69) is 10.3 Å². The standard InChI is InChI=1S/C21H20Cl2N4O4/c1-12-3-5-14(6-4-12)11-26-19(24-15-7-8-16(22)17(23)9-15)25-20(30)27(21(26)31)10-13(2)18(28)29/h3-9,13H,10-11H2,1-2H3,(H,28,29)(H,24,25,30)/t13-/m0/s1. The fourth-order valence-electron chi connectivity index (χ4n) is 2.85. The number of aliphatic carboxylic acids is 1. The van der Waals surface area contributed by atoms with Crippen LogP contribution in [-0.4, -0.2) is 25.2 Å². The molecule has 0 amide bonds. The van der Waals surface area contributed by atoms with E-state index in [1.807, 2.05) is 31.2 Å². The van der Waals surface area contributed by atoms with Crippen LogP contribution in [0.4, 0.5) is 11.6 Å². The lowest BCUT2D eigenvalue weighted by Crippen LogP contribution is -2.44. The first-order chi connectivity index (χ1) is 14.7. The maximum Gasteiger partial charge on any atom is 0.354 e. The van der Waals surface area contributed by atoms with Gasteiger partial charge in [0.25, 0.3) is 0 Å². The first-order valence-electron chi connectivity index (χ1n) is 9.38. The van der Waals surface area contributed by atoms with Gasteiger partial charge in [-0.15, -0.1) is 0 Å². The van der Waals surface area contributed by atoms with Gasteiger partial charge in [0.2, 0.25) is 5.95 Å². The monoisotopic (exact) mass is 462 g/mol. The van der Waals surface area contributed by atoms with Crippen LogP contribution in [0.2, 0.25) is 10.0 Å². The summed E-state index contributed by atoms with van der Waals surface area (Å²) in [5.74, 6) is -2.04. The molecule has 0 aliphatic rings. The Hall–Kier alpha value is -3.10. The van der Waals surface area contributed by atoms with Crippen molar-refractivity contribution in [2.45, 2.75) is 26.9 Å². The van der Waals surface area contributed by atoms with E-state index in [0.717, 1.165) is 15.7 Å². The van der Waals surface area contributed by atoms with Crippen LogP contribution in [0.3, 0.4) is 0 Å². The number of nitrogens with one attached hydrogen (secondary N) is 1. The van der Waals surface area contributed by atoms with Crippen molar-refractivity contribution < 1.29 is 9.90 Å². The fourth-order valence-corrected chi connectivity index (χ4v) is 3.15. The van der Waals surface area contributed by atoms with Gasteiger partial charge in [-0.2, -0.15) is 4.98 Å². The molecule has 0 aliphatic carbocycles. The highest BCUT2D eigenvalue weighted by Gasteiger charge is 2.19. The lowest BCUT2D eigenvalue weighted by Gasteiger charge is -2.17. The van der Waals surface area contributed by atoms with E-state index < -0.39 is 23.3 Å². The van der Waals surface area contributed by atoms with E-state index >= 15 is 0 Å². The molecule has 0 saturated carbocycles. The maximum absolute atomic E-state index is 13.2. The van der Waals surface area contributed by atoms with Gasteiger partial charge in [0.05, 0.1) is 22.5 Å². The van der Waals surface area contributed by atoms with Crippen molar-refractivity contribution in [1.29, 1.82) is 0 Å². The highest BCUT2D eigenvalue weighted by atomic mass is 35.5. The highest BCUT2D eigenvalue weighted by Crippen LogP contribution is 2.26. The molecule has 2 aromatic carbocycles. The van der Waals surface area contributed by atoms with E-state index in [-0.39, 0.29) is 19.0 Å². The van der Waals surface area contributed by atoms with Gasteiger partial charge in [-0.25, -0.2) is 14.2 Å². The molecule has 2 N–H and O–H groups in total. The minimum Gasteiger partial charge on any atom is -0.481 e. The normalized spacial score (nSPS) is 11.9. The molecule has 0 radical (unpaired) electrons. The molecule has 162 valence electrons. The number of halogens is 2. The second-order valence-corrected chi connectivity index (χ2v) is 7.99. The molecule has 0 unspecified atom stereocenters. The quantitative estimate of drug-likeness (QED) is 0.556.